The van der Waals surface area contributed by atoms with Crippen LogP contribution in [0.2, 0.25) is 0 Å². The molecule has 3 heteroatoms. The maximum absolute atomic E-state index is 12.5. The number of aryl methyl sites for hydroxylation is 1. The van der Waals surface area contributed by atoms with Gasteiger partial charge in [-0.25, -0.2) is 0 Å². The Morgan fingerprint density at radius 1 is 1.21 bits per heavy atom. The van der Waals surface area contributed by atoms with Gasteiger partial charge in [-0.05, 0) is 17.5 Å². The molecule has 0 N–H and O–H groups in total. The highest BCUT2D eigenvalue weighted by Crippen LogP contribution is 2.27. The Kier molecular flexibility index (Phi) is 4.72. The van der Waals surface area contributed by atoms with Gasteiger partial charge in [0.1, 0.15) is 5.60 Å². The van der Waals surface area contributed by atoms with E-state index in [0.29, 0.717) is 32.5 Å². The standard InChI is InChI=1S/C16H22O3/c1-3-13-4-6-14(7-5-13)12-15(17)16(18-2)8-10-19-11-9-16/h4-7H,3,8-12H2,1-2H3. The van der Waals surface area contributed by atoms with E-state index in [1.165, 1.54) is 5.56 Å². The predicted molar refractivity (Wildman–Crippen MR) is 74.3 cm³/mol. The molecule has 19 heavy (non-hydrogen) atoms. The van der Waals surface area contributed by atoms with Gasteiger partial charge in [0.15, 0.2) is 5.78 Å². The zero-order valence-corrected chi connectivity index (χ0v) is 11.8. The second-order valence-corrected chi connectivity index (χ2v) is 5.08. The first-order chi connectivity index (χ1) is 9.20. The number of rotatable bonds is 5. The second-order valence-electron chi connectivity index (χ2n) is 5.08. The third kappa shape index (κ3) is 3.23. The number of Topliss-reactive ketones (excluding diaryl/α,β-unsaturated/α-hetero) is 1. The topological polar surface area (TPSA) is 35.5 Å². The zero-order valence-electron chi connectivity index (χ0n) is 11.8. The number of hydrogen-bond donors (Lipinski definition) is 0. The Hall–Kier alpha value is -1.19. The number of benzene rings is 1. The highest BCUT2D eigenvalue weighted by Gasteiger charge is 2.39. The summed E-state index contributed by atoms with van der Waals surface area (Å²) >= 11 is 0. The minimum atomic E-state index is -0.637. The van der Waals surface area contributed by atoms with Crippen molar-refractivity contribution in [1.82, 2.24) is 0 Å². The molecule has 1 aromatic rings. The minimum Gasteiger partial charge on any atom is -0.381 e. The van der Waals surface area contributed by atoms with Crippen LogP contribution in [0.25, 0.3) is 0 Å². The summed E-state index contributed by atoms with van der Waals surface area (Å²) in [6.45, 7) is 3.34. The molecule has 104 valence electrons. The SMILES string of the molecule is CCc1ccc(CC(=O)C2(OC)CCOCC2)cc1. The molecule has 0 aromatic heterocycles. The molecule has 1 fully saturated rings. The Morgan fingerprint density at radius 2 is 1.79 bits per heavy atom. The summed E-state index contributed by atoms with van der Waals surface area (Å²) in [4.78, 5) is 12.5. The van der Waals surface area contributed by atoms with Gasteiger partial charge in [-0.1, -0.05) is 31.2 Å². The molecular formula is C16H22O3. The predicted octanol–water partition coefficient (Wildman–Crippen LogP) is 2.56. The molecule has 2 rings (SSSR count). The maximum atomic E-state index is 12.5. The largest absolute Gasteiger partial charge is 0.381 e. The fourth-order valence-electron chi connectivity index (χ4n) is 2.54. The van der Waals surface area contributed by atoms with E-state index in [1.54, 1.807) is 7.11 Å². The van der Waals surface area contributed by atoms with Gasteiger partial charge in [0.25, 0.3) is 0 Å². The van der Waals surface area contributed by atoms with E-state index in [2.05, 4.69) is 19.1 Å². The highest BCUT2D eigenvalue weighted by molar-refractivity contribution is 5.89. The molecule has 0 atom stereocenters. The summed E-state index contributed by atoms with van der Waals surface area (Å²) < 4.78 is 10.9. The summed E-state index contributed by atoms with van der Waals surface area (Å²) in [5.74, 6) is 0.169. The van der Waals surface area contributed by atoms with E-state index in [1.807, 2.05) is 12.1 Å². The van der Waals surface area contributed by atoms with E-state index in [0.717, 1.165) is 12.0 Å². The molecule has 3 nitrogen and oxygen atoms in total. The van der Waals surface area contributed by atoms with Gasteiger partial charge < -0.3 is 9.47 Å². The van der Waals surface area contributed by atoms with E-state index < -0.39 is 5.60 Å². The van der Waals surface area contributed by atoms with Crippen LogP contribution in [0.4, 0.5) is 0 Å². The average Bonchev–Trinajstić information content (AvgIpc) is 2.48. The molecule has 1 aliphatic rings. The van der Waals surface area contributed by atoms with Crippen LogP contribution < -0.4 is 0 Å². The number of ketones is 1. The van der Waals surface area contributed by atoms with Crippen molar-refractivity contribution in [2.45, 2.75) is 38.2 Å². The van der Waals surface area contributed by atoms with Crippen molar-refractivity contribution in [3.05, 3.63) is 35.4 Å². The molecule has 1 aliphatic heterocycles. The van der Waals surface area contributed by atoms with E-state index in [4.69, 9.17) is 9.47 Å². The van der Waals surface area contributed by atoms with Crippen molar-refractivity contribution in [3.63, 3.8) is 0 Å². The molecule has 0 spiro atoms. The lowest BCUT2D eigenvalue weighted by molar-refractivity contribution is -0.151. The van der Waals surface area contributed by atoms with Gasteiger partial charge in [-0.15, -0.1) is 0 Å². The van der Waals surface area contributed by atoms with E-state index in [-0.39, 0.29) is 5.78 Å². The third-order valence-corrected chi connectivity index (χ3v) is 4.00. The van der Waals surface area contributed by atoms with Crippen molar-refractivity contribution in [3.8, 4) is 0 Å². The van der Waals surface area contributed by atoms with E-state index >= 15 is 0 Å². The first kappa shape index (κ1) is 14.2. The number of hydrogen-bond acceptors (Lipinski definition) is 3. The quantitative estimate of drug-likeness (QED) is 0.818. The number of ether oxygens (including phenoxy) is 2. The first-order valence-electron chi connectivity index (χ1n) is 6.94. The van der Waals surface area contributed by atoms with E-state index in [9.17, 15) is 4.79 Å². The molecule has 0 radical (unpaired) electrons. The van der Waals surface area contributed by atoms with Gasteiger partial charge >= 0.3 is 0 Å². The lowest BCUT2D eigenvalue weighted by Gasteiger charge is -2.34. The normalized spacial score (nSPS) is 18.2. The number of methoxy groups -OCH3 is 1. The van der Waals surface area contributed by atoms with Gasteiger partial charge in [-0.3, -0.25) is 4.79 Å². The summed E-state index contributed by atoms with van der Waals surface area (Å²) in [6.07, 6.45) is 2.79. The van der Waals surface area contributed by atoms with Crippen LogP contribution in [0.5, 0.6) is 0 Å². The van der Waals surface area contributed by atoms with Crippen LogP contribution >= 0.6 is 0 Å². The summed E-state index contributed by atoms with van der Waals surface area (Å²) in [7, 11) is 1.63. The van der Waals surface area contributed by atoms with Crippen LogP contribution in [0.3, 0.4) is 0 Å². The molecule has 0 unspecified atom stereocenters. The summed E-state index contributed by atoms with van der Waals surface area (Å²) in [6, 6.07) is 8.26. The van der Waals surface area contributed by atoms with Crippen molar-refractivity contribution < 1.29 is 14.3 Å². The summed E-state index contributed by atoms with van der Waals surface area (Å²) in [5, 5.41) is 0. The summed E-state index contributed by atoms with van der Waals surface area (Å²) in [5.41, 5.74) is 1.72. The molecule has 0 saturated carbocycles. The van der Waals surface area contributed by atoms with Gasteiger partial charge in [-0.2, -0.15) is 0 Å². The molecule has 1 saturated heterocycles. The second kappa shape index (κ2) is 6.31. The van der Waals surface area contributed by atoms with Crippen LogP contribution in [-0.2, 0) is 27.1 Å². The Balaban J connectivity index is 2.05. The fraction of sp³-hybridized carbons (Fsp3) is 0.562. The number of carbonyl (C=O) groups is 1. The molecular weight excluding hydrogens is 240 g/mol. The Morgan fingerprint density at radius 3 is 2.32 bits per heavy atom. The van der Waals surface area contributed by atoms with Crippen molar-refractivity contribution >= 4 is 5.78 Å². The maximum Gasteiger partial charge on any atom is 0.169 e. The highest BCUT2D eigenvalue weighted by atomic mass is 16.5. The molecule has 0 amide bonds. The Labute approximate surface area is 114 Å². The lowest BCUT2D eigenvalue weighted by Crippen LogP contribution is -2.46. The van der Waals surface area contributed by atoms with Crippen molar-refractivity contribution in [1.29, 1.82) is 0 Å². The van der Waals surface area contributed by atoms with Crippen LogP contribution in [0.1, 0.15) is 30.9 Å². The molecule has 1 aromatic carbocycles. The minimum absolute atomic E-state index is 0.169. The van der Waals surface area contributed by atoms with Gasteiger partial charge in [0.05, 0.1) is 0 Å². The smallest absolute Gasteiger partial charge is 0.169 e. The van der Waals surface area contributed by atoms with Crippen molar-refractivity contribution in [2.75, 3.05) is 20.3 Å². The molecule has 0 bridgehead atoms. The lowest BCUT2D eigenvalue weighted by atomic mass is 9.86. The van der Waals surface area contributed by atoms with Crippen LogP contribution in [-0.4, -0.2) is 31.7 Å². The third-order valence-electron chi connectivity index (χ3n) is 4.00. The average molecular weight is 262 g/mol. The van der Waals surface area contributed by atoms with Crippen LogP contribution in [0.15, 0.2) is 24.3 Å². The fourth-order valence-corrected chi connectivity index (χ4v) is 2.54. The van der Waals surface area contributed by atoms with Gasteiger partial charge in [0, 0.05) is 39.6 Å². The van der Waals surface area contributed by atoms with Crippen molar-refractivity contribution in [2.24, 2.45) is 0 Å². The molecule has 0 aliphatic carbocycles. The van der Waals surface area contributed by atoms with Crippen LogP contribution in [0, 0.1) is 0 Å². The number of carbonyl (C=O) groups excluding carboxylic acids is 1. The van der Waals surface area contributed by atoms with Gasteiger partial charge in [0.2, 0.25) is 0 Å². The first-order valence-corrected chi connectivity index (χ1v) is 6.94. The Bertz CT molecular complexity index is 416. The zero-order chi connectivity index (χ0) is 13.7. The monoisotopic (exact) mass is 262 g/mol. The molecule has 1 heterocycles.